The molecule has 0 bridgehead atoms. The highest BCUT2D eigenvalue weighted by molar-refractivity contribution is 5.79. The van der Waals surface area contributed by atoms with Crippen molar-refractivity contribution in [2.75, 3.05) is 19.6 Å². The van der Waals surface area contributed by atoms with Crippen LogP contribution in [0.4, 0.5) is 0 Å². The molecule has 2 rings (SSSR count). The molecule has 24 heavy (non-hydrogen) atoms. The van der Waals surface area contributed by atoms with Crippen molar-refractivity contribution in [3.05, 3.63) is 34.9 Å². The zero-order chi connectivity index (χ0) is 17.7. The third kappa shape index (κ3) is 5.34. The summed E-state index contributed by atoms with van der Waals surface area (Å²) < 4.78 is 0. The number of nitrogens with zero attached hydrogens (tertiary/aromatic N) is 2. The van der Waals surface area contributed by atoms with Crippen molar-refractivity contribution in [2.24, 2.45) is 0 Å². The molecule has 1 unspecified atom stereocenters. The molecule has 1 aliphatic rings. The first kappa shape index (κ1) is 18.5. The Kier molecular flexibility index (Phi) is 6.37. The lowest BCUT2D eigenvalue weighted by Gasteiger charge is -2.29. The maximum Gasteiger partial charge on any atom is 0.323 e. The van der Waals surface area contributed by atoms with Crippen LogP contribution in [0.1, 0.15) is 42.9 Å². The van der Waals surface area contributed by atoms with E-state index in [4.69, 9.17) is 5.11 Å². The lowest BCUT2D eigenvalue weighted by atomic mass is 10.1. The van der Waals surface area contributed by atoms with E-state index in [9.17, 15) is 9.59 Å². The third-order valence-electron chi connectivity index (χ3n) is 4.63. The molecular weight excluding hydrogens is 304 g/mol. The molecular formula is C19H28N2O3. The van der Waals surface area contributed by atoms with Gasteiger partial charge in [-0.25, -0.2) is 0 Å². The molecule has 1 aliphatic heterocycles. The minimum Gasteiger partial charge on any atom is -0.480 e. The highest BCUT2D eigenvalue weighted by atomic mass is 16.4. The molecule has 5 heteroatoms. The lowest BCUT2D eigenvalue weighted by Crippen LogP contribution is -2.42. The summed E-state index contributed by atoms with van der Waals surface area (Å²) in [5.74, 6) is -1.09. The van der Waals surface area contributed by atoms with Crippen molar-refractivity contribution in [3.8, 4) is 0 Å². The number of rotatable bonds is 5. The van der Waals surface area contributed by atoms with Gasteiger partial charge in [0.15, 0.2) is 0 Å². The first-order valence-electron chi connectivity index (χ1n) is 8.63. The fourth-order valence-electron chi connectivity index (χ4n) is 3.67. The van der Waals surface area contributed by atoms with Gasteiger partial charge in [-0.15, -0.1) is 0 Å². The Morgan fingerprint density at radius 1 is 1.17 bits per heavy atom. The van der Waals surface area contributed by atoms with Crippen LogP contribution in [0, 0.1) is 13.8 Å². The van der Waals surface area contributed by atoms with Crippen LogP contribution in [-0.2, 0) is 16.1 Å². The van der Waals surface area contributed by atoms with Crippen LogP contribution in [0.3, 0.4) is 0 Å². The number of carbonyl (C=O) groups is 2. The number of amides is 1. The van der Waals surface area contributed by atoms with Gasteiger partial charge in [0, 0.05) is 26.1 Å². The Bertz CT molecular complexity index is 580. The summed E-state index contributed by atoms with van der Waals surface area (Å²) in [6.07, 6.45) is 2.69. The summed E-state index contributed by atoms with van der Waals surface area (Å²) in [5.41, 5.74) is 3.88. The van der Waals surface area contributed by atoms with E-state index in [1.54, 1.807) is 0 Å². The number of aryl methyl sites for hydroxylation is 2. The summed E-state index contributed by atoms with van der Waals surface area (Å²) in [4.78, 5) is 26.7. The van der Waals surface area contributed by atoms with E-state index in [1.165, 1.54) is 28.5 Å². The molecule has 1 atom stereocenters. The van der Waals surface area contributed by atoms with Crippen molar-refractivity contribution in [2.45, 2.75) is 52.6 Å². The van der Waals surface area contributed by atoms with Gasteiger partial charge < -0.3 is 10.0 Å². The van der Waals surface area contributed by atoms with Gasteiger partial charge in [-0.3, -0.25) is 14.5 Å². The van der Waals surface area contributed by atoms with E-state index in [1.807, 2.05) is 0 Å². The molecule has 0 radical (unpaired) electrons. The molecule has 1 fully saturated rings. The lowest BCUT2D eigenvalue weighted by molar-refractivity contribution is -0.145. The van der Waals surface area contributed by atoms with E-state index in [2.05, 4.69) is 36.9 Å². The van der Waals surface area contributed by atoms with Gasteiger partial charge in [-0.05, 0) is 45.2 Å². The predicted molar refractivity (Wildman–Crippen MR) is 93.9 cm³/mol. The van der Waals surface area contributed by atoms with Gasteiger partial charge in [0.2, 0.25) is 5.91 Å². The Balaban J connectivity index is 1.98. The minimum absolute atomic E-state index is 0.0304. The maximum atomic E-state index is 11.8. The van der Waals surface area contributed by atoms with E-state index in [0.717, 1.165) is 38.9 Å². The summed E-state index contributed by atoms with van der Waals surface area (Å²) >= 11 is 0. The molecule has 1 heterocycles. The molecule has 132 valence electrons. The summed E-state index contributed by atoms with van der Waals surface area (Å²) in [6.45, 7) is 8.28. The van der Waals surface area contributed by atoms with Crippen LogP contribution in [0.15, 0.2) is 18.2 Å². The Labute approximate surface area is 144 Å². The van der Waals surface area contributed by atoms with Crippen LogP contribution in [-0.4, -0.2) is 52.5 Å². The number of hydrogen-bond acceptors (Lipinski definition) is 3. The summed E-state index contributed by atoms with van der Waals surface area (Å²) in [6, 6.07) is 6.66. The molecule has 0 aliphatic carbocycles. The van der Waals surface area contributed by atoms with Gasteiger partial charge in [0.05, 0.1) is 0 Å². The Morgan fingerprint density at radius 3 is 2.42 bits per heavy atom. The fourth-order valence-corrected chi connectivity index (χ4v) is 3.67. The normalized spacial score (nSPS) is 18.9. The Morgan fingerprint density at radius 2 is 1.83 bits per heavy atom. The molecule has 0 spiro atoms. The number of aliphatic carboxylic acids is 1. The van der Waals surface area contributed by atoms with E-state index < -0.39 is 5.97 Å². The molecule has 5 nitrogen and oxygen atoms in total. The van der Waals surface area contributed by atoms with Crippen LogP contribution in [0.25, 0.3) is 0 Å². The van der Waals surface area contributed by atoms with Crippen molar-refractivity contribution >= 4 is 11.9 Å². The molecule has 1 amide bonds. The third-order valence-corrected chi connectivity index (χ3v) is 4.63. The topological polar surface area (TPSA) is 60.9 Å². The largest absolute Gasteiger partial charge is 0.480 e. The second-order valence-electron chi connectivity index (χ2n) is 6.90. The van der Waals surface area contributed by atoms with Crippen molar-refractivity contribution in [1.82, 2.24) is 9.80 Å². The van der Waals surface area contributed by atoms with Crippen LogP contribution < -0.4 is 0 Å². The molecule has 1 aromatic rings. The molecule has 1 N–H and O–H groups in total. The number of hydrogen-bond donors (Lipinski definition) is 1. The standard InChI is InChI=1S/C19H28N2O3/c1-14-9-15(2)11-17(10-14)12-20-7-4-5-18(6-8-20)21(16(3)22)13-19(23)24/h9-11,18H,4-8,12-13H2,1-3H3,(H,23,24). The van der Waals surface area contributed by atoms with Crippen molar-refractivity contribution < 1.29 is 14.7 Å². The number of likely N-dealkylation sites (tertiary alicyclic amines) is 1. The molecule has 0 aromatic heterocycles. The first-order valence-corrected chi connectivity index (χ1v) is 8.63. The summed E-state index contributed by atoms with van der Waals surface area (Å²) in [7, 11) is 0. The average molecular weight is 332 g/mol. The highest BCUT2D eigenvalue weighted by Crippen LogP contribution is 2.19. The first-order chi connectivity index (χ1) is 11.3. The van der Waals surface area contributed by atoms with Gasteiger partial charge >= 0.3 is 5.97 Å². The van der Waals surface area contributed by atoms with Gasteiger partial charge in [-0.2, -0.15) is 0 Å². The zero-order valence-corrected chi connectivity index (χ0v) is 14.9. The van der Waals surface area contributed by atoms with Gasteiger partial charge in [0.1, 0.15) is 6.54 Å². The molecule has 1 saturated heterocycles. The van der Waals surface area contributed by atoms with E-state index in [0.29, 0.717) is 0 Å². The van der Waals surface area contributed by atoms with Crippen molar-refractivity contribution in [1.29, 1.82) is 0 Å². The number of carboxylic acid groups (broad SMARTS) is 1. The zero-order valence-electron chi connectivity index (χ0n) is 14.9. The minimum atomic E-state index is -0.943. The fraction of sp³-hybridized carbons (Fsp3) is 0.579. The number of benzene rings is 1. The quantitative estimate of drug-likeness (QED) is 0.900. The molecule has 0 saturated carbocycles. The average Bonchev–Trinajstić information content (AvgIpc) is 2.69. The van der Waals surface area contributed by atoms with Crippen molar-refractivity contribution in [3.63, 3.8) is 0 Å². The summed E-state index contributed by atoms with van der Waals surface area (Å²) in [5, 5.41) is 9.03. The van der Waals surface area contributed by atoms with Gasteiger partial charge in [-0.1, -0.05) is 29.3 Å². The van der Waals surface area contributed by atoms with Crippen LogP contribution in [0.5, 0.6) is 0 Å². The predicted octanol–water partition coefficient (Wildman–Crippen LogP) is 2.59. The van der Waals surface area contributed by atoms with Crippen LogP contribution in [0.2, 0.25) is 0 Å². The monoisotopic (exact) mass is 332 g/mol. The van der Waals surface area contributed by atoms with Gasteiger partial charge in [0.25, 0.3) is 0 Å². The smallest absolute Gasteiger partial charge is 0.323 e. The number of carboxylic acids is 1. The molecule has 1 aromatic carbocycles. The Hall–Kier alpha value is -1.88. The van der Waals surface area contributed by atoms with Crippen LogP contribution >= 0.6 is 0 Å². The van der Waals surface area contributed by atoms with E-state index in [-0.39, 0.29) is 18.5 Å². The SMILES string of the molecule is CC(=O)N(CC(=O)O)C1CCCN(Cc2cc(C)cc(C)c2)CC1. The van der Waals surface area contributed by atoms with E-state index >= 15 is 0 Å². The highest BCUT2D eigenvalue weighted by Gasteiger charge is 2.26. The maximum absolute atomic E-state index is 11.8. The second kappa shape index (κ2) is 8.29. The number of carbonyl (C=O) groups excluding carboxylic acids is 1. The second-order valence-corrected chi connectivity index (χ2v) is 6.90.